The van der Waals surface area contributed by atoms with Crippen molar-refractivity contribution in [2.75, 3.05) is 50.9 Å². The van der Waals surface area contributed by atoms with Crippen LogP contribution in [-0.2, 0) is 82.2 Å². The zero-order valence-corrected chi connectivity index (χ0v) is 65.3. The number of phosphoric acid groups is 6. The van der Waals surface area contributed by atoms with Crippen LogP contribution in [0.2, 0.25) is 0 Å². The predicted octanol–water partition coefficient (Wildman–Crippen LogP) is 0.0273. The number of amides is 4. The Morgan fingerprint density at radius 3 is 1.36 bits per heavy atom. The molecule has 12 rings (SSSR count). The molecule has 6 aromatic heterocycles. The van der Waals surface area contributed by atoms with Crippen LogP contribution >= 0.6 is 46.9 Å². The molecule has 50 nitrogen and oxygen atoms in total. The molecule has 2 fully saturated rings. The van der Waals surface area contributed by atoms with E-state index in [-0.39, 0.29) is 97.5 Å². The molecule has 12 heterocycles. The Balaban J connectivity index is 0.000000228. The minimum Gasteiger partial charge on any atom is -0.440 e. The van der Waals surface area contributed by atoms with Gasteiger partial charge < -0.3 is 136 Å². The molecule has 0 spiro atoms. The second-order valence-electron chi connectivity index (χ2n) is 25.9. The summed E-state index contributed by atoms with van der Waals surface area (Å²) in [7, 11) is -34.6. The molecule has 62 heteroatoms. The standard InChI is InChI=1S/2C27H35BF2N9O16P3/c1-13-9-14(2)38-17(13)10-16-4-3-15(39(16)28(38,29)30)5-6-19(40)32-7-8-33-27(43)53-22-18(11-51-57(47,48)55-58(49,50)54-56(44,45)46)52-25(21(22)41)37-12-34-20-23(37)35-26(31)36-24(20)42;1-13-9-14(2)38-17(13)10-16-4-3-15(39(16)28(38,29)30)5-6-19(40)32-7-8-33-27(43)53-22-21(41)18(11-51-57(47,48)55-58(49,50)54-56(44,45)46)52-25(22)37-12-34-20-23(37)35-26(31)36-24(20)42/h2*3-4,9-10,12,18,21-22,25,41H,5-8,11H2,1-2H3,(H,32,40)(H,33,43)(H,47,48)(H,49,50)(H2,44,45,46)(H3,31,35,36,42)/t2*18-,21-,22-,25-/m11/s1. The van der Waals surface area contributed by atoms with Crippen molar-refractivity contribution >= 4 is 143 Å². The Morgan fingerprint density at radius 1 is 0.552 bits per heavy atom. The highest BCUT2D eigenvalue weighted by Gasteiger charge is 2.56. The third kappa shape index (κ3) is 19.9. The number of hydrogen-bond acceptors (Lipinski definition) is 30. The van der Waals surface area contributed by atoms with Gasteiger partial charge in [-0.1, -0.05) is 0 Å². The fourth-order valence-corrected chi connectivity index (χ4v) is 19.2. The maximum atomic E-state index is 15.7. The average molecular weight is 1770 g/mol. The number of H-pyrrole nitrogens is 2. The summed E-state index contributed by atoms with van der Waals surface area (Å²) in [6, 6.07) is 3.34. The van der Waals surface area contributed by atoms with Crippen LogP contribution in [0.15, 0.2) is 70.1 Å². The lowest BCUT2D eigenvalue weighted by molar-refractivity contribution is -0.363. The van der Waals surface area contributed by atoms with Gasteiger partial charge in [-0.15, -0.1) is 0 Å². The molecule has 0 bridgehead atoms. The molecule has 20 N–H and O–H groups in total. The van der Waals surface area contributed by atoms with E-state index in [1.165, 1.54) is 12.2 Å². The highest BCUT2D eigenvalue weighted by Crippen LogP contribution is 2.68. The van der Waals surface area contributed by atoms with Crippen LogP contribution in [0.25, 0.3) is 34.5 Å². The number of aryl methyl sites for hydroxylation is 4. The molecule has 6 aliphatic rings. The number of aliphatic hydroxyl groups is 2. The molecule has 0 aromatic carbocycles. The number of ether oxygens (including phenoxy) is 4. The number of nitrogen functional groups attached to an aromatic ring is 2. The normalized spacial score (nSPS) is 23.2. The summed E-state index contributed by atoms with van der Waals surface area (Å²) >= 11 is 0. The third-order valence-corrected chi connectivity index (χ3v) is 25.3. The zero-order valence-electron chi connectivity index (χ0n) is 59.9. The van der Waals surface area contributed by atoms with Gasteiger partial charge >= 0.3 is 73.1 Å². The van der Waals surface area contributed by atoms with Gasteiger partial charge in [0.15, 0.2) is 58.4 Å². The molecule has 0 saturated carbocycles. The van der Waals surface area contributed by atoms with Crippen LogP contribution in [0.4, 0.5) is 38.7 Å². The molecule has 6 aromatic rings. The number of carbonyl (C=O) groups excluding carboxylic acids is 4. The Labute approximate surface area is 645 Å². The van der Waals surface area contributed by atoms with Gasteiger partial charge in [0, 0.05) is 99.7 Å². The second kappa shape index (κ2) is 33.5. The van der Waals surface area contributed by atoms with Gasteiger partial charge in [0.25, 0.3) is 11.1 Å². The van der Waals surface area contributed by atoms with Crippen LogP contribution in [0.1, 0.15) is 72.0 Å². The predicted molar refractivity (Wildman–Crippen MR) is 385 cm³/mol. The first-order valence-corrected chi connectivity index (χ1v) is 42.6. The van der Waals surface area contributed by atoms with Gasteiger partial charge in [-0.3, -0.25) is 47.3 Å². The molecule has 0 aliphatic carbocycles. The SMILES string of the molecule is Cc1cc(C)n2c1C=C1C=CC(CCC(=O)NCCNC(=O)O[C@@H]3[C@H](O)[C@@H](COP(=O)(O)OP(=O)(O)OP(=O)(O)O)O[C@H]3n3cnc4c(=O)[nH]c(N)nc43)=[N+]1[B-]2(F)F.Cc1cc(C)n2c1C=C1C=CC(CCC(=O)NCCNC(=O)O[C@H]3[C@@H](O)[C@H](n4cnc5c(=O)[nH]c(N)nc54)O[C@@H]3COP(=O)(O)OP(=O)(O)OP(=O)(O)O)=[N+]1[B-]2(F)F. The van der Waals surface area contributed by atoms with Crippen molar-refractivity contribution < 1.29 is 167 Å². The Kier molecular flexibility index (Phi) is 25.4. The number of rotatable bonds is 30. The minimum absolute atomic E-state index is 0.0272. The van der Waals surface area contributed by atoms with Crippen molar-refractivity contribution in [3.8, 4) is 0 Å². The number of alkyl carbamates (subject to hydrolysis) is 2. The molecule has 6 aliphatic heterocycles. The number of anilines is 2. The molecule has 12 atom stereocenters. The Bertz CT molecular complexity index is 5600. The number of nitrogens with zero attached hydrogens (tertiary/aromatic N) is 10. The number of halogens is 4. The second-order valence-corrected chi connectivity index (χ2v) is 34.7. The van der Waals surface area contributed by atoms with E-state index in [0.717, 1.165) is 39.7 Å². The summed E-state index contributed by atoms with van der Waals surface area (Å²) < 4.78 is 184. The number of allylic oxidation sites excluding steroid dienone is 4. The number of nitrogens with one attached hydrogen (secondary N) is 6. The van der Waals surface area contributed by atoms with E-state index < -0.39 is 158 Å². The van der Waals surface area contributed by atoms with Crippen molar-refractivity contribution in [2.45, 2.75) is 102 Å². The third-order valence-electron chi connectivity index (χ3n) is 17.7. The van der Waals surface area contributed by atoms with E-state index >= 15 is 17.3 Å². The summed E-state index contributed by atoms with van der Waals surface area (Å²) in [5.41, 5.74) is 12.8. The van der Waals surface area contributed by atoms with Gasteiger partial charge in [-0.25, -0.2) is 46.9 Å². The topological polar surface area (TPSA) is 708 Å². The highest BCUT2D eigenvalue weighted by molar-refractivity contribution is 7.67. The number of imidazole rings is 2. The molecule has 2 saturated heterocycles. The molecule has 4 amide bonds. The lowest BCUT2D eigenvalue weighted by atomic mass is 9.90. The first kappa shape index (κ1) is 88.0. The number of fused-ring (bicyclic) bond motifs is 6. The quantitative estimate of drug-likeness (QED) is 0.0122. The number of phosphoric ester groups is 2. The molecule has 0 radical (unpaired) electrons. The monoisotopic (exact) mass is 1770 g/mol. The highest BCUT2D eigenvalue weighted by atomic mass is 31.3. The number of aromatic nitrogens is 10. The Morgan fingerprint density at radius 2 is 0.940 bits per heavy atom. The maximum Gasteiger partial charge on any atom is 0.737 e. The number of hydrogen-bond donors (Lipinski definition) is 18. The maximum absolute atomic E-state index is 15.7. The van der Waals surface area contributed by atoms with E-state index in [0.29, 0.717) is 45.3 Å². The lowest BCUT2D eigenvalue weighted by Gasteiger charge is -2.30. The largest absolute Gasteiger partial charge is 0.737 e. The van der Waals surface area contributed by atoms with Crippen LogP contribution in [0, 0.1) is 27.7 Å². The molecule has 4 unspecified atom stereocenters. The van der Waals surface area contributed by atoms with E-state index in [1.54, 1.807) is 64.1 Å². The van der Waals surface area contributed by atoms with Crippen molar-refractivity contribution in [1.29, 1.82) is 0 Å². The fourth-order valence-electron chi connectivity index (χ4n) is 13.2. The van der Waals surface area contributed by atoms with Gasteiger partial charge in [-0.05, 0) is 62.3 Å². The summed E-state index contributed by atoms with van der Waals surface area (Å²) in [5, 5.41) is 31.9. The molecular weight excluding hydrogens is 1700 g/mol. The summed E-state index contributed by atoms with van der Waals surface area (Å²) in [5.74, 6) is -1.79. The average Bonchev–Trinajstić information content (AvgIpc) is 1.57. The number of aliphatic hydroxyl groups excluding tert-OH is 2. The van der Waals surface area contributed by atoms with E-state index in [1.807, 2.05) is 0 Å². The minimum atomic E-state index is -5.91. The smallest absolute Gasteiger partial charge is 0.440 e. The van der Waals surface area contributed by atoms with E-state index in [2.05, 4.69) is 77.5 Å². The van der Waals surface area contributed by atoms with Crippen molar-refractivity contribution in [3.05, 3.63) is 115 Å². The van der Waals surface area contributed by atoms with E-state index in [4.69, 9.17) is 50.0 Å². The molecular formula is C54H70B2F4N18O32P6. The zero-order chi connectivity index (χ0) is 85.1. The van der Waals surface area contributed by atoms with Gasteiger partial charge in [0.05, 0.1) is 25.9 Å². The van der Waals surface area contributed by atoms with Crippen LogP contribution < -0.4 is 43.9 Å². The number of nitrogens with two attached hydrogens (primary N) is 2. The van der Waals surface area contributed by atoms with Crippen molar-refractivity contribution in [2.24, 2.45) is 0 Å². The summed E-state index contributed by atoms with van der Waals surface area (Å²) in [4.78, 5) is 169. The first-order valence-electron chi connectivity index (χ1n) is 33.5. The number of aromatic amines is 2. The van der Waals surface area contributed by atoms with Crippen molar-refractivity contribution in [3.63, 3.8) is 0 Å². The van der Waals surface area contributed by atoms with Crippen LogP contribution in [-0.4, -0.2) is 232 Å². The van der Waals surface area contributed by atoms with Gasteiger partial charge in [0.1, 0.15) is 35.8 Å². The molecule has 116 heavy (non-hydrogen) atoms. The first-order chi connectivity index (χ1) is 53.9. The lowest BCUT2D eigenvalue weighted by Crippen LogP contribution is -2.50. The van der Waals surface area contributed by atoms with Gasteiger partial charge in [-0.2, -0.15) is 27.2 Å². The number of carbonyl (C=O) groups is 4. The van der Waals surface area contributed by atoms with E-state index in [9.17, 15) is 85.9 Å². The molecule has 632 valence electrons. The van der Waals surface area contributed by atoms with Crippen LogP contribution in [0.3, 0.4) is 0 Å². The Hall–Kier alpha value is -8.85. The van der Waals surface area contributed by atoms with Gasteiger partial charge in [0.2, 0.25) is 23.7 Å². The van der Waals surface area contributed by atoms with Crippen LogP contribution in [0.5, 0.6) is 0 Å². The fraction of sp³-hybridized carbons (Fsp3) is 0.407. The van der Waals surface area contributed by atoms with Crippen molar-refractivity contribution in [1.82, 2.24) is 69.3 Å². The summed E-state index contributed by atoms with van der Waals surface area (Å²) in [6.07, 6.45) is -5.46. The summed E-state index contributed by atoms with van der Waals surface area (Å²) in [6.45, 7) is -4.95.